The fraction of sp³-hybridized carbons (Fsp3) is 0.632. The molecule has 2 rings (SSSR count). The Morgan fingerprint density at radius 2 is 2.04 bits per heavy atom. The lowest BCUT2D eigenvalue weighted by Crippen LogP contribution is -2.45. The van der Waals surface area contributed by atoms with E-state index in [2.05, 4.69) is 34.6 Å². The SMILES string of the molecule is CCC(C)NC(=O)NCC(c1cccc(OC)c1)N1CCCCC1. The molecule has 24 heavy (non-hydrogen) atoms. The minimum Gasteiger partial charge on any atom is -0.497 e. The smallest absolute Gasteiger partial charge is 0.315 e. The molecule has 1 aromatic rings. The molecule has 2 amide bonds. The van der Waals surface area contributed by atoms with E-state index in [4.69, 9.17) is 4.74 Å². The minimum atomic E-state index is -0.0887. The van der Waals surface area contributed by atoms with Gasteiger partial charge in [-0.1, -0.05) is 25.5 Å². The van der Waals surface area contributed by atoms with Gasteiger partial charge in [-0.05, 0) is 57.0 Å². The van der Waals surface area contributed by atoms with Crippen molar-refractivity contribution in [1.29, 1.82) is 0 Å². The van der Waals surface area contributed by atoms with Crippen LogP contribution >= 0.6 is 0 Å². The van der Waals surface area contributed by atoms with Gasteiger partial charge < -0.3 is 15.4 Å². The van der Waals surface area contributed by atoms with Crippen LogP contribution in [-0.4, -0.2) is 43.7 Å². The first-order valence-corrected chi connectivity index (χ1v) is 9.06. The van der Waals surface area contributed by atoms with Crippen LogP contribution in [0.3, 0.4) is 0 Å². The average Bonchev–Trinajstić information content (AvgIpc) is 2.62. The number of carbonyl (C=O) groups is 1. The number of amides is 2. The van der Waals surface area contributed by atoms with E-state index >= 15 is 0 Å². The molecule has 0 saturated carbocycles. The summed E-state index contributed by atoms with van der Waals surface area (Å²) >= 11 is 0. The number of nitrogens with zero attached hydrogens (tertiary/aromatic N) is 1. The van der Waals surface area contributed by atoms with Gasteiger partial charge in [-0.3, -0.25) is 4.90 Å². The van der Waals surface area contributed by atoms with Gasteiger partial charge in [0, 0.05) is 12.6 Å². The van der Waals surface area contributed by atoms with Gasteiger partial charge in [0.1, 0.15) is 5.75 Å². The third kappa shape index (κ3) is 5.41. The number of piperidine rings is 1. The van der Waals surface area contributed by atoms with Crippen LogP contribution in [0.15, 0.2) is 24.3 Å². The van der Waals surface area contributed by atoms with E-state index in [9.17, 15) is 4.79 Å². The van der Waals surface area contributed by atoms with Crippen LogP contribution in [0.4, 0.5) is 4.79 Å². The Balaban J connectivity index is 2.06. The van der Waals surface area contributed by atoms with Gasteiger partial charge >= 0.3 is 6.03 Å². The van der Waals surface area contributed by atoms with Gasteiger partial charge in [0.2, 0.25) is 0 Å². The number of nitrogens with one attached hydrogen (secondary N) is 2. The molecule has 0 aromatic heterocycles. The molecule has 1 aliphatic heterocycles. The molecule has 0 bridgehead atoms. The molecule has 1 saturated heterocycles. The third-order valence-corrected chi connectivity index (χ3v) is 4.76. The molecule has 1 fully saturated rings. The molecule has 0 spiro atoms. The molecule has 134 valence electrons. The van der Waals surface area contributed by atoms with Gasteiger partial charge in [0.25, 0.3) is 0 Å². The van der Waals surface area contributed by atoms with Crippen molar-refractivity contribution in [1.82, 2.24) is 15.5 Å². The molecule has 0 radical (unpaired) electrons. The number of urea groups is 1. The molecule has 1 heterocycles. The summed E-state index contributed by atoms with van der Waals surface area (Å²) in [6, 6.07) is 8.46. The Kier molecular flexibility index (Phi) is 7.37. The first-order valence-electron chi connectivity index (χ1n) is 9.06. The topological polar surface area (TPSA) is 53.6 Å². The monoisotopic (exact) mass is 333 g/mol. The standard InChI is InChI=1S/C19H31N3O2/c1-4-15(2)21-19(23)20-14-18(22-11-6-5-7-12-22)16-9-8-10-17(13-16)24-3/h8-10,13,15,18H,4-7,11-12,14H2,1-3H3,(H2,20,21,23). The number of hydrogen-bond acceptors (Lipinski definition) is 3. The normalized spacial score (nSPS) is 17.8. The number of carbonyl (C=O) groups excluding carboxylic acids is 1. The highest BCUT2D eigenvalue weighted by Gasteiger charge is 2.23. The van der Waals surface area contributed by atoms with E-state index in [-0.39, 0.29) is 18.1 Å². The maximum Gasteiger partial charge on any atom is 0.315 e. The van der Waals surface area contributed by atoms with Crippen molar-refractivity contribution in [2.24, 2.45) is 0 Å². The second-order valence-electron chi connectivity index (χ2n) is 6.55. The highest BCUT2D eigenvalue weighted by atomic mass is 16.5. The van der Waals surface area contributed by atoms with Crippen LogP contribution in [-0.2, 0) is 0 Å². The predicted octanol–water partition coefficient (Wildman–Crippen LogP) is 3.32. The molecule has 2 unspecified atom stereocenters. The van der Waals surface area contributed by atoms with Crippen LogP contribution in [0, 0.1) is 0 Å². The largest absolute Gasteiger partial charge is 0.497 e. The van der Waals surface area contributed by atoms with Gasteiger partial charge in [-0.2, -0.15) is 0 Å². The Bertz CT molecular complexity index is 515. The summed E-state index contributed by atoms with van der Waals surface area (Å²) in [5, 5.41) is 6.02. The first-order chi connectivity index (χ1) is 11.6. The summed E-state index contributed by atoms with van der Waals surface area (Å²) in [4.78, 5) is 14.6. The fourth-order valence-corrected chi connectivity index (χ4v) is 3.10. The fourth-order valence-electron chi connectivity index (χ4n) is 3.10. The van der Waals surface area contributed by atoms with Gasteiger partial charge in [0.05, 0.1) is 13.2 Å². The maximum absolute atomic E-state index is 12.1. The number of hydrogen-bond donors (Lipinski definition) is 2. The first kappa shape index (κ1) is 18.6. The average molecular weight is 333 g/mol. The van der Waals surface area contributed by atoms with Gasteiger partial charge in [-0.25, -0.2) is 4.79 Å². The Morgan fingerprint density at radius 1 is 1.29 bits per heavy atom. The van der Waals surface area contributed by atoms with E-state index in [1.807, 2.05) is 19.1 Å². The molecule has 2 N–H and O–H groups in total. The lowest BCUT2D eigenvalue weighted by Gasteiger charge is -2.35. The number of methoxy groups -OCH3 is 1. The Morgan fingerprint density at radius 3 is 2.71 bits per heavy atom. The number of ether oxygens (including phenoxy) is 1. The van der Waals surface area contributed by atoms with E-state index in [0.29, 0.717) is 6.54 Å². The molecule has 1 aromatic carbocycles. The van der Waals surface area contributed by atoms with Crippen molar-refractivity contribution < 1.29 is 9.53 Å². The summed E-state index contributed by atoms with van der Waals surface area (Å²) < 4.78 is 5.37. The van der Waals surface area contributed by atoms with Crippen molar-refractivity contribution in [3.05, 3.63) is 29.8 Å². The number of likely N-dealkylation sites (tertiary alicyclic amines) is 1. The Labute approximate surface area is 145 Å². The zero-order valence-corrected chi connectivity index (χ0v) is 15.2. The molecule has 1 aliphatic rings. The number of rotatable bonds is 7. The molecular formula is C19H31N3O2. The van der Waals surface area contributed by atoms with E-state index in [1.54, 1.807) is 7.11 Å². The summed E-state index contributed by atoms with van der Waals surface area (Å²) in [7, 11) is 1.69. The van der Waals surface area contributed by atoms with E-state index in [0.717, 1.165) is 25.3 Å². The zero-order chi connectivity index (χ0) is 17.4. The lowest BCUT2D eigenvalue weighted by molar-refractivity contribution is 0.160. The summed E-state index contributed by atoms with van der Waals surface area (Å²) in [6.45, 7) is 6.85. The minimum absolute atomic E-state index is 0.0887. The quantitative estimate of drug-likeness (QED) is 0.805. The van der Waals surface area contributed by atoms with E-state index < -0.39 is 0 Å². The van der Waals surface area contributed by atoms with Crippen molar-refractivity contribution in [2.45, 2.75) is 51.6 Å². The Hall–Kier alpha value is -1.75. The zero-order valence-electron chi connectivity index (χ0n) is 15.2. The lowest BCUT2D eigenvalue weighted by atomic mass is 10.0. The van der Waals surface area contributed by atoms with Crippen LogP contribution in [0.25, 0.3) is 0 Å². The van der Waals surface area contributed by atoms with Crippen molar-refractivity contribution in [3.8, 4) is 5.75 Å². The van der Waals surface area contributed by atoms with Crippen molar-refractivity contribution in [2.75, 3.05) is 26.7 Å². The molecule has 5 heteroatoms. The second-order valence-corrected chi connectivity index (χ2v) is 6.55. The molecule has 2 atom stereocenters. The van der Waals surface area contributed by atoms with Crippen molar-refractivity contribution >= 4 is 6.03 Å². The van der Waals surface area contributed by atoms with Crippen LogP contribution in [0.5, 0.6) is 5.75 Å². The summed E-state index contributed by atoms with van der Waals surface area (Å²) in [5.41, 5.74) is 1.19. The van der Waals surface area contributed by atoms with Gasteiger partial charge in [-0.15, -0.1) is 0 Å². The second kappa shape index (κ2) is 9.52. The third-order valence-electron chi connectivity index (χ3n) is 4.76. The highest BCUT2D eigenvalue weighted by Crippen LogP contribution is 2.26. The predicted molar refractivity (Wildman–Crippen MR) is 97.4 cm³/mol. The van der Waals surface area contributed by atoms with Crippen LogP contribution < -0.4 is 15.4 Å². The van der Waals surface area contributed by atoms with Gasteiger partial charge in [0.15, 0.2) is 0 Å². The van der Waals surface area contributed by atoms with Crippen LogP contribution in [0.2, 0.25) is 0 Å². The number of benzene rings is 1. The maximum atomic E-state index is 12.1. The highest BCUT2D eigenvalue weighted by molar-refractivity contribution is 5.74. The molecule has 5 nitrogen and oxygen atoms in total. The van der Waals surface area contributed by atoms with E-state index in [1.165, 1.54) is 24.8 Å². The molecule has 0 aliphatic carbocycles. The summed E-state index contributed by atoms with van der Waals surface area (Å²) in [6.07, 6.45) is 4.67. The summed E-state index contributed by atoms with van der Waals surface area (Å²) in [5.74, 6) is 0.860. The van der Waals surface area contributed by atoms with Crippen LogP contribution in [0.1, 0.15) is 51.1 Å². The molecular weight excluding hydrogens is 302 g/mol. The van der Waals surface area contributed by atoms with Crippen molar-refractivity contribution in [3.63, 3.8) is 0 Å².